The van der Waals surface area contributed by atoms with Crippen molar-refractivity contribution in [2.24, 2.45) is 0 Å². The van der Waals surface area contributed by atoms with Crippen LogP contribution in [0.4, 0.5) is 9.18 Å². The molecular weight excluding hydrogens is 301 g/mol. The maximum atomic E-state index is 13.1. The monoisotopic (exact) mass is 313 g/mol. The zero-order valence-electron chi connectivity index (χ0n) is 10.3. The van der Waals surface area contributed by atoms with E-state index in [0.717, 1.165) is 0 Å². The molecule has 0 saturated carbocycles. The van der Waals surface area contributed by atoms with Crippen LogP contribution in [-0.2, 0) is 4.74 Å². The first kappa shape index (κ1) is 13.1. The number of aromatic nitrogens is 1. The van der Waals surface area contributed by atoms with Crippen LogP contribution in [0.2, 0.25) is 0 Å². The lowest BCUT2D eigenvalue weighted by atomic mass is 10.2. The number of ether oxygens (including phenoxy) is 1. The summed E-state index contributed by atoms with van der Waals surface area (Å²) < 4.78 is 20.3. The zero-order chi connectivity index (χ0) is 13.5. The van der Waals surface area contributed by atoms with Crippen LogP contribution >= 0.6 is 15.9 Å². The van der Waals surface area contributed by atoms with Crippen molar-refractivity contribution in [2.75, 3.05) is 0 Å². The normalized spacial score (nSPS) is 11.8. The first-order valence-electron chi connectivity index (χ1n) is 5.48. The van der Waals surface area contributed by atoms with Crippen LogP contribution in [0.25, 0.3) is 10.9 Å². The second kappa shape index (κ2) is 4.39. The molecule has 0 aliphatic rings. The quantitative estimate of drug-likeness (QED) is 0.725. The number of hydrogen-bond donors (Lipinski definition) is 0. The fraction of sp³-hybridized carbons (Fsp3) is 0.308. The zero-order valence-corrected chi connectivity index (χ0v) is 11.9. The minimum absolute atomic E-state index is 0.337. The van der Waals surface area contributed by atoms with Crippen LogP contribution < -0.4 is 0 Å². The molecule has 0 atom stereocenters. The van der Waals surface area contributed by atoms with E-state index in [-0.39, 0.29) is 5.82 Å². The second-order valence-corrected chi connectivity index (χ2v) is 5.80. The van der Waals surface area contributed by atoms with E-state index in [1.54, 1.807) is 32.9 Å². The largest absolute Gasteiger partial charge is 0.443 e. The van der Waals surface area contributed by atoms with Crippen LogP contribution in [0.3, 0.4) is 0 Å². The Bertz CT molecular complexity index is 613. The van der Waals surface area contributed by atoms with E-state index in [9.17, 15) is 9.18 Å². The van der Waals surface area contributed by atoms with Gasteiger partial charge in [0.1, 0.15) is 11.4 Å². The Labute approximate surface area is 113 Å². The fourth-order valence-corrected chi connectivity index (χ4v) is 2.23. The first-order chi connectivity index (χ1) is 8.28. The predicted molar refractivity (Wildman–Crippen MR) is 71.2 cm³/mol. The summed E-state index contributed by atoms with van der Waals surface area (Å²) in [6.45, 7) is 5.39. The molecule has 1 aromatic heterocycles. The lowest BCUT2D eigenvalue weighted by Gasteiger charge is -2.20. The average molecular weight is 314 g/mol. The van der Waals surface area contributed by atoms with Gasteiger partial charge in [0.25, 0.3) is 0 Å². The molecule has 18 heavy (non-hydrogen) atoms. The summed E-state index contributed by atoms with van der Waals surface area (Å²) in [6, 6.07) is 5.93. The fourth-order valence-electron chi connectivity index (χ4n) is 1.65. The Kier molecular flexibility index (Phi) is 3.19. The molecule has 5 heteroatoms. The molecule has 0 unspecified atom stereocenters. The lowest BCUT2D eigenvalue weighted by molar-refractivity contribution is 0.0541. The summed E-state index contributed by atoms with van der Waals surface area (Å²) in [5.74, 6) is -0.337. The molecule has 0 fully saturated rings. The van der Waals surface area contributed by atoms with Crippen LogP contribution in [0.15, 0.2) is 28.9 Å². The van der Waals surface area contributed by atoms with E-state index in [1.165, 1.54) is 16.7 Å². The molecule has 96 valence electrons. The van der Waals surface area contributed by atoms with E-state index in [4.69, 9.17) is 4.74 Å². The van der Waals surface area contributed by atoms with Crippen molar-refractivity contribution in [3.05, 3.63) is 34.7 Å². The van der Waals surface area contributed by atoms with Gasteiger partial charge in [-0.05, 0) is 61.0 Å². The molecule has 0 bridgehead atoms. The van der Waals surface area contributed by atoms with Gasteiger partial charge in [-0.2, -0.15) is 0 Å². The van der Waals surface area contributed by atoms with Crippen molar-refractivity contribution in [3.63, 3.8) is 0 Å². The average Bonchev–Trinajstić information content (AvgIpc) is 2.50. The number of rotatable bonds is 0. The van der Waals surface area contributed by atoms with Gasteiger partial charge < -0.3 is 4.74 Å². The Morgan fingerprint density at radius 2 is 2.00 bits per heavy atom. The molecule has 0 radical (unpaired) electrons. The van der Waals surface area contributed by atoms with E-state index in [0.29, 0.717) is 15.5 Å². The number of hydrogen-bond acceptors (Lipinski definition) is 2. The molecule has 0 aliphatic carbocycles. The molecule has 2 aromatic rings. The summed E-state index contributed by atoms with van der Waals surface area (Å²) in [6.07, 6.45) is -0.490. The van der Waals surface area contributed by atoms with Gasteiger partial charge in [-0.25, -0.2) is 13.8 Å². The van der Waals surface area contributed by atoms with Gasteiger partial charge in [0, 0.05) is 5.39 Å². The molecule has 0 aliphatic heterocycles. The summed E-state index contributed by atoms with van der Waals surface area (Å²) in [4.78, 5) is 12.1. The number of nitrogens with zero attached hydrogens (tertiary/aromatic N) is 1. The lowest BCUT2D eigenvalue weighted by Crippen LogP contribution is -2.27. The molecule has 0 spiro atoms. The van der Waals surface area contributed by atoms with Crippen molar-refractivity contribution >= 4 is 32.9 Å². The Balaban J connectivity index is 2.51. The van der Waals surface area contributed by atoms with Crippen molar-refractivity contribution in [2.45, 2.75) is 26.4 Å². The highest BCUT2D eigenvalue weighted by molar-refractivity contribution is 9.10. The highest BCUT2D eigenvalue weighted by atomic mass is 79.9. The number of halogens is 2. The summed E-state index contributed by atoms with van der Waals surface area (Å²) in [5.41, 5.74) is 0.0326. The Morgan fingerprint density at radius 3 is 2.61 bits per heavy atom. The van der Waals surface area contributed by atoms with E-state index in [1.807, 2.05) is 0 Å². The number of benzene rings is 1. The summed E-state index contributed by atoms with van der Waals surface area (Å²) >= 11 is 3.28. The molecule has 3 nitrogen and oxygen atoms in total. The molecule has 1 heterocycles. The van der Waals surface area contributed by atoms with Gasteiger partial charge in [0.2, 0.25) is 0 Å². The van der Waals surface area contributed by atoms with Crippen LogP contribution in [0.5, 0.6) is 0 Å². The predicted octanol–water partition coefficient (Wildman–Crippen LogP) is 4.33. The summed E-state index contributed by atoms with van der Waals surface area (Å²) in [5, 5.41) is 0.646. The van der Waals surface area contributed by atoms with Crippen molar-refractivity contribution in [3.8, 4) is 0 Å². The van der Waals surface area contributed by atoms with Gasteiger partial charge in [-0.1, -0.05) is 0 Å². The van der Waals surface area contributed by atoms with Gasteiger partial charge in [0.05, 0.1) is 10.1 Å². The highest BCUT2D eigenvalue weighted by Gasteiger charge is 2.21. The maximum absolute atomic E-state index is 13.1. The molecule has 1 aromatic carbocycles. The van der Waals surface area contributed by atoms with Crippen molar-refractivity contribution in [1.82, 2.24) is 4.57 Å². The van der Waals surface area contributed by atoms with E-state index < -0.39 is 11.7 Å². The van der Waals surface area contributed by atoms with Gasteiger partial charge in [0.15, 0.2) is 0 Å². The van der Waals surface area contributed by atoms with Crippen LogP contribution in [-0.4, -0.2) is 16.3 Å². The highest BCUT2D eigenvalue weighted by Crippen LogP contribution is 2.26. The first-order valence-corrected chi connectivity index (χ1v) is 6.27. The van der Waals surface area contributed by atoms with Gasteiger partial charge in [-0.15, -0.1) is 0 Å². The Morgan fingerprint density at radius 1 is 1.33 bits per heavy atom. The van der Waals surface area contributed by atoms with Crippen LogP contribution in [0.1, 0.15) is 20.8 Å². The van der Waals surface area contributed by atoms with Gasteiger partial charge in [-0.3, -0.25) is 0 Å². The number of fused-ring (bicyclic) bond motifs is 1. The topological polar surface area (TPSA) is 31.2 Å². The number of carbonyl (C=O) groups excluding carboxylic acids is 1. The minimum Gasteiger partial charge on any atom is -0.443 e. The smallest absolute Gasteiger partial charge is 0.419 e. The molecule has 0 N–H and O–H groups in total. The Hall–Kier alpha value is -1.36. The summed E-state index contributed by atoms with van der Waals surface area (Å²) in [7, 11) is 0. The van der Waals surface area contributed by atoms with Gasteiger partial charge >= 0.3 is 6.09 Å². The van der Waals surface area contributed by atoms with Crippen molar-refractivity contribution < 1.29 is 13.9 Å². The SMILES string of the molecule is CC(C)(C)OC(=O)n1c(Br)cc2cc(F)ccc21. The third-order valence-electron chi connectivity index (χ3n) is 2.29. The maximum Gasteiger partial charge on any atom is 0.419 e. The van der Waals surface area contributed by atoms with Crippen molar-refractivity contribution in [1.29, 1.82) is 0 Å². The van der Waals surface area contributed by atoms with E-state index >= 15 is 0 Å². The molecular formula is C13H13BrFNO2. The molecule has 0 saturated heterocycles. The third kappa shape index (κ3) is 2.56. The second-order valence-electron chi connectivity index (χ2n) is 4.99. The molecule has 2 rings (SSSR count). The number of carbonyl (C=O) groups is 1. The minimum atomic E-state index is -0.576. The standard InChI is InChI=1S/C13H13BrFNO2/c1-13(2,3)18-12(17)16-10-5-4-9(15)6-8(10)7-11(16)14/h4-7H,1-3H3. The van der Waals surface area contributed by atoms with E-state index in [2.05, 4.69) is 15.9 Å². The van der Waals surface area contributed by atoms with Crippen LogP contribution in [0, 0.1) is 5.82 Å². The molecule has 0 amide bonds. The third-order valence-corrected chi connectivity index (χ3v) is 2.88.